The van der Waals surface area contributed by atoms with Crippen molar-refractivity contribution in [2.24, 2.45) is 0 Å². The lowest BCUT2D eigenvalue weighted by Crippen LogP contribution is -2.40. The van der Waals surface area contributed by atoms with E-state index in [1.54, 1.807) is 35.2 Å². The summed E-state index contributed by atoms with van der Waals surface area (Å²) < 4.78 is 33.1. The minimum atomic E-state index is -2.75. The number of methoxy groups -OCH3 is 1. The molecule has 130 valence electrons. The minimum Gasteiger partial charge on any atom is -0.497 e. The molecule has 2 aromatic rings. The van der Waals surface area contributed by atoms with E-state index < -0.39 is 7.27 Å². The van der Waals surface area contributed by atoms with E-state index in [2.05, 4.69) is 0 Å². The summed E-state index contributed by atoms with van der Waals surface area (Å²) in [7, 11) is -1.27. The molecule has 3 rings (SSSR count). The van der Waals surface area contributed by atoms with Crippen LogP contribution in [0.15, 0.2) is 42.5 Å². The molecule has 1 heterocycles. The first kappa shape index (κ1) is 17.5. The van der Waals surface area contributed by atoms with Crippen molar-refractivity contribution in [1.29, 1.82) is 0 Å². The molecule has 0 atom stereocenters. The van der Waals surface area contributed by atoms with E-state index in [4.69, 9.17) is 4.74 Å². The Balaban J connectivity index is 2.14. The standard InChI is InChI=1S/C19H20BF2NO2/c1-25-15-12-16(14-8-4-2-5-9-14)18(20(21)22)17(13-15)19(24)23-10-6-3-7-11-23/h2,4-5,8-9,12-13H,3,6-7,10-11H2,1H3. The number of nitrogens with zero attached hydrogens (tertiary/aromatic N) is 1. The van der Waals surface area contributed by atoms with Crippen LogP contribution >= 0.6 is 0 Å². The van der Waals surface area contributed by atoms with Crippen LogP contribution in [0.1, 0.15) is 29.6 Å². The number of piperidine rings is 1. The largest absolute Gasteiger partial charge is 0.573 e. The fourth-order valence-corrected chi connectivity index (χ4v) is 3.28. The smallest absolute Gasteiger partial charge is 0.497 e. The molecule has 0 unspecified atom stereocenters. The maximum Gasteiger partial charge on any atom is 0.573 e. The average Bonchev–Trinajstić information content (AvgIpc) is 2.67. The van der Waals surface area contributed by atoms with Gasteiger partial charge in [-0.3, -0.25) is 13.4 Å². The number of ether oxygens (including phenoxy) is 1. The Kier molecular flexibility index (Phi) is 5.36. The lowest BCUT2D eigenvalue weighted by molar-refractivity contribution is 0.0725. The summed E-state index contributed by atoms with van der Waals surface area (Å²) in [6, 6.07) is 11.9. The zero-order valence-electron chi connectivity index (χ0n) is 14.2. The molecule has 1 aliphatic rings. The summed E-state index contributed by atoms with van der Waals surface area (Å²) in [6.07, 6.45) is 2.88. The predicted octanol–water partition coefficient (Wildman–Crippen LogP) is 3.62. The first-order chi connectivity index (χ1) is 12.1. The van der Waals surface area contributed by atoms with Gasteiger partial charge in [-0.15, -0.1) is 0 Å². The van der Waals surface area contributed by atoms with Gasteiger partial charge in [0.05, 0.1) is 7.11 Å². The number of hydrogen-bond donors (Lipinski definition) is 0. The molecule has 0 aliphatic carbocycles. The van der Waals surface area contributed by atoms with Crippen molar-refractivity contribution < 1.29 is 18.2 Å². The molecule has 0 aromatic heterocycles. The maximum absolute atomic E-state index is 13.9. The van der Waals surface area contributed by atoms with E-state index in [0.717, 1.165) is 19.3 Å². The highest BCUT2D eigenvalue weighted by atomic mass is 19.2. The number of amides is 1. The van der Waals surface area contributed by atoms with Gasteiger partial charge in [-0.2, -0.15) is 0 Å². The van der Waals surface area contributed by atoms with E-state index in [1.165, 1.54) is 13.2 Å². The van der Waals surface area contributed by atoms with Gasteiger partial charge in [0.1, 0.15) is 5.75 Å². The third-order valence-electron chi connectivity index (χ3n) is 4.57. The third kappa shape index (κ3) is 3.68. The Bertz CT molecular complexity index is 747. The quantitative estimate of drug-likeness (QED) is 0.794. The predicted molar refractivity (Wildman–Crippen MR) is 95.8 cm³/mol. The van der Waals surface area contributed by atoms with Crippen LogP contribution < -0.4 is 10.2 Å². The number of rotatable bonds is 4. The zero-order chi connectivity index (χ0) is 17.8. The minimum absolute atomic E-state index is 0.0371. The number of carbonyl (C=O) groups is 1. The average molecular weight is 343 g/mol. The van der Waals surface area contributed by atoms with Crippen LogP contribution in [0.2, 0.25) is 0 Å². The van der Waals surface area contributed by atoms with E-state index in [0.29, 0.717) is 30.0 Å². The topological polar surface area (TPSA) is 29.5 Å². The van der Waals surface area contributed by atoms with E-state index in [-0.39, 0.29) is 16.9 Å². The molecule has 1 saturated heterocycles. The summed E-state index contributed by atoms with van der Waals surface area (Å²) in [6.45, 7) is 1.22. The SMILES string of the molecule is COc1cc(C(=O)N2CCCCC2)c(B(F)F)c(-c2ccccc2)c1. The summed E-state index contributed by atoms with van der Waals surface area (Å²) in [5.41, 5.74) is 0.803. The number of halogens is 2. The zero-order valence-corrected chi connectivity index (χ0v) is 14.2. The fourth-order valence-electron chi connectivity index (χ4n) is 3.28. The van der Waals surface area contributed by atoms with Crippen molar-refractivity contribution in [3.8, 4) is 16.9 Å². The maximum atomic E-state index is 13.9. The molecule has 1 fully saturated rings. The number of hydrogen-bond acceptors (Lipinski definition) is 2. The monoisotopic (exact) mass is 343 g/mol. The Morgan fingerprint density at radius 1 is 1.08 bits per heavy atom. The van der Waals surface area contributed by atoms with E-state index in [1.807, 2.05) is 6.07 Å². The second kappa shape index (κ2) is 7.68. The summed E-state index contributed by atoms with van der Waals surface area (Å²) in [4.78, 5) is 14.6. The third-order valence-corrected chi connectivity index (χ3v) is 4.57. The highest BCUT2D eigenvalue weighted by molar-refractivity contribution is 6.63. The summed E-state index contributed by atoms with van der Waals surface area (Å²) in [5.74, 6) is 0.0645. The van der Waals surface area contributed by atoms with Crippen molar-refractivity contribution in [2.45, 2.75) is 19.3 Å². The highest BCUT2D eigenvalue weighted by Gasteiger charge is 2.31. The molecule has 0 N–H and O–H groups in total. The van der Waals surface area contributed by atoms with Crippen molar-refractivity contribution in [2.75, 3.05) is 20.2 Å². The van der Waals surface area contributed by atoms with Gasteiger partial charge in [-0.25, -0.2) is 0 Å². The molecule has 25 heavy (non-hydrogen) atoms. The van der Waals surface area contributed by atoms with Gasteiger partial charge in [-0.1, -0.05) is 30.3 Å². The Hall–Kier alpha value is -2.37. The molecular weight excluding hydrogens is 323 g/mol. The van der Waals surface area contributed by atoms with Gasteiger partial charge in [-0.05, 0) is 42.5 Å². The van der Waals surface area contributed by atoms with Crippen molar-refractivity contribution >= 4 is 18.6 Å². The van der Waals surface area contributed by atoms with E-state index >= 15 is 0 Å². The lowest BCUT2D eigenvalue weighted by atomic mass is 9.75. The van der Waals surface area contributed by atoms with Gasteiger partial charge in [0, 0.05) is 24.1 Å². The Labute approximate surface area is 146 Å². The van der Waals surface area contributed by atoms with Gasteiger partial charge in [0.15, 0.2) is 0 Å². The van der Waals surface area contributed by atoms with Crippen LogP contribution in [0.4, 0.5) is 8.63 Å². The first-order valence-electron chi connectivity index (χ1n) is 8.46. The van der Waals surface area contributed by atoms with Crippen LogP contribution in [-0.4, -0.2) is 38.3 Å². The molecule has 0 spiro atoms. The fraction of sp³-hybridized carbons (Fsp3) is 0.316. The van der Waals surface area contributed by atoms with Gasteiger partial charge in [0.25, 0.3) is 5.91 Å². The van der Waals surface area contributed by atoms with Crippen LogP contribution in [-0.2, 0) is 0 Å². The molecule has 0 bridgehead atoms. The van der Waals surface area contributed by atoms with E-state index in [9.17, 15) is 13.4 Å². The number of benzene rings is 2. The Morgan fingerprint density at radius 3 is 2.36 bits per heavy atom. The van der Waals surface area contributed by atoms with Crippen LogP contribution in [0.25, 0.3) is 11.1 Å². The van der Waals surface area contributed by atoms with Gasteiger partial charge in [0.2, 0.25) is 0 Å². The first-order valence-corrected chi connectivity index (χ1v) is 8.46. The summed E-state index contributed by atoms with van der Waals surface area (Å²) in [5, 5.41) is 0. The normalized spacial score (nSPS) is 14.3. The molecule has 1 amide bonds. The van der Waals surface area contributed by atoms with Crippen molar-refractivity contribution in [3.63, 3.8) is 0 Å². The van der Waals surface area contributed by atoms with Gasteiger partial charge < -0.3 is 9.64 Å². The molecule has 6 heteroatoms. The molecule has 2 aromatic carbocycles. The summed E-state index contributed by atoms with van der Waals surface area (Å²) >= 11 is 0. The molecule has 3 nitrogen and oxygen atoms in total. The molecule has 0 radical (unpaired) electrons. The second-order valence-electron chi connectivity index (χ2n) is 6.16. The molecule has 1 aliphatic heterocycles. The van der Waals surface area contributed by atoms with Crippen LogP contribution in [0.3, 0.4) is 0 Å². The van der Waals surface area contributed by atoms with Crippen LogP contribution in [0, 0.1) is 0 Å². The second-order valence-corrected chi connectivity index (χ2v) is 6.16. The van der Waals surface area contributed by atoms with Crippen LogP contribution in [0.5, 0.6) is 5.75 Å². The lowest BCUT2D eigenvalue weighted by Gasteiger charge is -2.28. The molecule has 0 saturated carbocycles. The van der Waals surface area contributed by atoms with Crippen molar-refractivity contribution in [3.05, 3.63) is 48.0 Å². The van der Waals surface area contributed by atoms with Crippen molar-refractivity contribution in [1.82, 2.24) is 4.90 Å². The Morgan fingerprint density at radius 2 is 1.76 bits per heavy atom. The highest BCUT2D eigenvalue weighted by Crippen LogP contribution is 2.27. The molecular formula is C19H20BF2NO2. The number of likely N-dealkylation sites (tertiary alicyclic amines) is 1. The van der Waals surface area contributed by atoms with Gasteiger partial charge >= 0.3 is 7.27 Å². The number of carbonyl (C=O) groups excluding carboxylic acids is 1.